The van der Waals surface area contributed by atoms with Crippen molar-refractivity contribution >= 4 is 5.69 Å². The van der Waals surface area contributed by atoms with Crippen molar-refractivity contribution in [3.63, 3.8) is 0 Å². The third kappa shape index (κ3) is 3.95. The van der Waals surface area contributed by atoms with Crippen molar-refractivity contribution in [1.29, 1.82) is 0 Å². The van der Waals surface area contributed by atoms with E-state index >= 15 is 0 Å². The molecule has 8 heteroatoms. The Hall–Kier alpha value is -2.48. The van der Waals surface area contributed by atoms with Crippen molar-refractivity contribution in [2.24, 2.45) is 0 Å². The highest BCUT2D eigenvalue weighted by molar-refractivity contribution is 5.46. The number of hydrogen-bond acceptors (Lipinski definition) is 4. The number of halogens is 3. The van der Waals surface area contributed by atoms with E-state index in [-0.39, 0.29) is 18.8 Å². The van der Waals surface area contributed by atoms with Gasteiger partial charge in [-0.15, -0.1) is 0 Å². The molecule has 146 valence electrons. The lowest BCUT2D eigenvalue weighted by molar-refractivity contribution is -0.187. The summed E-state index contributed by atoms with van der Waals surface area (Å²) in [5.41, 5.74) is -0.231. The summed E-state index contributed by atoms with van der Waals surface area (Å²) in [5, 5.41) is 9.94. The molecule has 2 N–H and O–H groups in total. The van der Waals surface area contributed by atoms with E-state index < -0.39 is 29.0 Å². The van der Waals surface area contributed by atoms with E-state index in [1.54, 1.807) is 6.92 Å². The number of hydrogen-bond donors (Lipinski definition) is 2. The van der Waals surface area contributed by atoms with Gasteiger partial charge in [-0.05, 0) is 18.6 Å². The number of pyridine rings is 1. The molecule has 0 saturated carbocycles. The van der Waals surface area contributed by atoms with Gasteiger partial charge in [0.2, 0.25) is 5.43 Å². The Labute approximate surface area is 155 Å². The van der Waals surface area contributed by atoms with E-state index in [0.717, 1.165) is 11.9 Å². The number of benzene rings is 1. The molecule has 1 aromatic carbocycles. The van der Waals surface area contributed by atoms with Gasteiger partial charge < -0.3 is 15.0 Å². The molecular formula is C19H22F3N3O2. The molecule has 3 rings (SSSR count). The smallest absolute Gasteiger partial charge is 0.408 e. The van der Waals surface area contributed by atoms with Crippen LogP contribution in [0.15, 0.2) is 41.3 Å². The van der Waals surface area contributed by atoms with Crippen LogP contribution in [0.4, 0.5) is 18.9 Å². The molecule has 2 aromatic rings. The minimum Gasteiger partial charge on any atom is -0.503 e. The number of piperazine rings is 1. The highest BCUT2D eigenvalue weighted by Gasteiger charge is 2.47. The summed E-state index contributed by atoms with van der Waals surface area (Å²) < 4.78 is 41.4. The van der Waals surface area contributed by atoms with Gasteiger partial charge in [0, 0.05) is 43.6 Å². The van der Waals surface area contributed by atoms with Crippen LogP contribution in [-0.2, 0) is 6.42 Å². The Morgan fingerprint density at radius 2 is 1.78 bits per heavy atom. The van der Waals surface area contributed by atoms with Gasteiger partial charge in [0.05, 0.1) is 5.69 Å². The molecule has 27 heavy (non-hydrogen) atoms. The van der Waals surface area contributed by atoms with Crippen molar-refractivity contribution < 1.29 is 18.3 Å². The number of rotatable bonds is 4. The summed E-state index contributed by atoms with van der Waals surface area (Å²) >= 11 is 0. The number of anilines is 1. The third-order valence-corrected chi connectivity index (χ3v) is 4.92. The molecule has 0 amide bonds. The molecule has 1 fully saturated rings. The van der Waals surface area contributed by atoms with Crippen LogP contribution >= 0.6 is 0 Å². The van der Waals surface area contributed by atoms with Gasteiger partial charge in [-0.2, -0.15) is 13.2 Å². The van der Waals surface area contributed by atoms with Gasteiger partial charge >= 0.3 is 6.18 Å². The molecule has 1 aliphatic rings. The molecule has 5 nitrogen and oxygen atoms in total. The number of nitrogens with one attached hydrogen (secondary N) is 1. The van der Waals surface area contributed by atoms with Crippen LogP contribution in [0.2, 0.25) is 0 Å². The maximum Gasteiger partial charge on any atom is 0.408 e. The number of H-pyrrole nitrogens is 1. The summed E-state index contributed by atoms with van der Waals surface area (Å²) in [4.78, 5) is 18.3. The number of nitrogens with zero attached hydrogens (tertiary/aromatic N) is 2. The second-order valence-electron chi connectivity index (χ2n) is 6.56. The predicted molar refractivity (Wildman–Crippen MR) is 97.1 cm³/mol. The zero-order valence-electron chi connectivity index (χ0n) is 15.0. The molecule has 0 spiro atoms. The quantitative estimate of drug-likeness (QED) is 0.855. The average Bonchev–Trinajstić information content (AvgIpc) is 2.66. The molecule has 0 radical (unpaired) electrons. The zero-order valence-corrected chi connectivity index (χ0v) is 15.0. The Kier molecular flexibility index (Phi) is 5.46. The molecular weight excluding hydrogens is 359 g/mol. The largest absolute Gasteiger partial charge is 0.503 e. The highest BCUT2D eigenvalue weighted by atomic mass is 19.4. The molecule has 1 aromatic heterocycles. The summed E-state index contributed by atoms with van der Waals surface area (Å²) in [6.07, 6.45) is -3.21. The number of aromatic nitrogens is 1. The first kappa shape index (κ1) is 19.3. The van der Waals surface area contributed by atoms with Gasteiger partial charge in [-0.3, -0.25) is 9.69 Å². The number of para-hydroxylation sites is 1. The van der Waals surface area contributed by atoms with E-state index in [4.69, 9.17) is 0 Å². The minimum absolute atomic E-state index is 0.162. The van der Waals surface area contributed by atoms with Gasteiger partial charge in [-0.1, -0.05) is 25.1 Å². The summed E-state index contributed by atoms with van der Waals surface area (Å²) in [7, 11) is 0. The standard InChI is InChI=1S/C19H22F3N3O2/c1-2-15-17(27)16(26)14(12-23-15)18(19(20,21)22)25-10-8-24(9-11-25)13-6-4-3-5-7-13/h3-7,12,18,27H,2,8-11H2,1H3,(H,23,26). The average molecular weight is 381 g/mol. The lowest BCUT2D eigenvalue weighted by Crippen LogP contribution is -2.51. The molecule has 0 aliphatic carbocycles. The number of aromatic amines is 1. The lowest BCUT2D eigenvalue weighted by Gasteiger charge is -2.40. The Bertz CT molecular complexity index is 828. The monoisotopic (exact) mass is 381 g/mol. The van der Waals surface area contributed by atoms with E-state index in [9.17, 15) is 23.1 Å². The van der Waals surface area contributed by atoms with Crippen molar-refractivity contribution in [2.45, 2.75) is 25.6 Å². The normalized spacial score (nSPS) is 17.1. The molecule has 0 bridgehead atoms. The molecule has 1 saturated heterocycles. The zero-order chi connectivity index (χ0) is 19.6. The molecule has 1 aliphatic heterocycles. The van der Waals surface area contributed by atoms with E-state index in [0.29, 0.717) is 19.5 Å². The Balaban J connectivity index is 1.86. The van der Waals surface area contributed by atoms with Gasteiger partial charge in [0.25, 0.3) is 0 Å². The van der Waals surface area contributed by atoms with Crippen LogP contribution in [0.25, 0.3) is 0 Å². The first-order chi connectivity index (χ1) is 12.8. The first-order valence-electron chi connectivity index (χ1n) is 8.87. The van der Waals surface area contributed by atoms with Crippen LogP contribution in [0.5, 0.6) is 5.75 Å². The minimum atomic E-state index is -4.62. The molecule has 2 heterocycles. The number of aromatic hydroxyl groups is 1. The SMILES string of the molecule is CCc1[nH]cc(C(N2CCN(c3ccccc3)CC2)C(F)(F)F)c(=O)c1O. The van der Waals surface area contributed by atoms with Crippen LogP contribution in [0.1, 0.15) is 24.2 Å². The highest BCUT2D eigenvalue weighted by Crippen LogP contribution is 2.37. The fraction of sp³-hybridized carbons (Fsp3) is 0.421. The fourth-order valence-electron chi connectivity index (χ4n) is 3.50. The molecule has 1 unspecified atom stereocenters. The summed E-state index contributed by atoms with van der Waals surface area (Å²) in [6, 6.07) is 7.45. The van der Waals surface area contributed by atoms with E-state index in [2.05, 4.69) is 4.98 Å². The maximum atomic E-state index is 13.8. The van der Waals surface area contributed by atoms with Crippen molar-refractivity contribution in [3.8, 4) is 5.75 Å². The van der Waals surface area contributed by atoms with Crippen molar-refractivity contribution in [2.75, 3.05) is 31.1 Å². The van der Waals surface area contributed by atoms with E-state index in [1.165, 1.54) is 4.90 Å². The number of alkyl halides is 3. The van der Waals surface area contributed by atoms with Gasteiger partial charge in [-0.25, -0.2) is 0 Å². The van der Waals surface area contributed by atoms with Crippen LogP contribution < -0.4 is 10.3 Å². The third-order valence-electron chi connectivity index (χ3n) is 4.92. The van der Waals surface area contributed by atoms with Gasteiger partial charge in [0.1, 0.15) is 6.04 Å². The van der Waals surface area contributed by atoms with Crippen LogP contribution in [-0.4, -0.2) is 47.3 Å². The maximum absolute atomic E-state index is 13.8. The number of aryl methyl sites for hydroxylation is 1. The van der Waals surface area contributed by atoms with E-state index in [1.807, 2.05) is 35.2 Å². The Morgan fingerprint density at radius 1 is 1.15 bits per heavy atom. The first-order valence-corrected chi connectivity index (χ1v) is 8.87. The second kappa shape index (κ2) is 7.64. The van der Waals surface area contributed by atoms with Gasteiger partial charge in [0.15, 0.2) is 5.75 Å². The second-order valence-corrected chi connectivity index (χ2v) is 6.56. The van der Waals surface area contributed by atoms with Crippen LogP contribution in [0.3, 0.4) is 0 Å². The Morgan fingerprint density at radius 3 is 2.33 bits per heavy atom. The lowest BCUT2D eigenvalue weighted by atomic mass is 10.0. The molecule has 1 atom stereocenters. The summed E-state index contributed by atoms with van der Waals surface area (Å²) in [6.45, 7) is 2.87. The van der Waals surface area contributed by atoms with Crippen molar-refractivity contribution in [1.82, 2.24) is 9.88 Å². The fourth-order valence-corrected chi connectivity index (χ4v) is 3.50. The van der Waals surface area contributed by atoms with Crippen molar-refractivity contribution in [3.05, 3.63) is 58.0 Å². The summed E-state index contributed by atoms with van der Waals surface area (Å²) in [5.74, 6) is -0.632. The van der Waals surface area contributed by atoms with Crippen LogP contribution in [0, 0.1) is 0 Å². The topological polar surface area (TPSA) is 59.6 Å². The predicted octanol–water partition coefficient (Wildman–Crippen LogP) is 3.07.